The minimum atomic E-state index is 0.127. The number of hydrogen-bond donors (Lipinski definition) is 0. The zero-order valence-electron chi connectivity index (χ0n) is 6.35. The first-order valence-corrected chi connectivity index (χ1v) is 3.22. The van der Waals surface area contributed by atoms with Crippen LogP contribution in [0.1, 0.15) is 20.8 Å². The molecule has 0 unspecified atom stereocenters. The third-order valence-corrected chi connectivity index (χ3v) is 1.80. The van der Waals surface area contributed by atoms with Gasteiger partial charge in [0.2, 0.25) is 0 Å². The van der Waals surface area contributed by atoms with E-state index < -0.39 is 0 Å². The van der Waals surface area contributed by atoms with Crippen molar-refractivity contribution in [3.63, 3.8) is 0 Å². The van der Waals surface area contributed by atoms with Crippen molar-refractivity contribution in [1.82, 2.24) is 0 Å². The van der Waals surface area contributed by atoms with Crippen molar-refractivity contribution in [1.29, 1.82) is 0 Å². The molecule has 0 aliphatic carbocycles. The maximum Gasteiger partial charge on any atom is 0.133 e. The lowest BCUT2D eigenvalue weighted by Crippen LogP contribution is -2.13. The first-order chi connectivity index (χ1) is 4.09. The van der Waals surface area contributed by atoms with Gasteiger partial charge in [-0.3, -0.25) is 4.79 Å². The molecule has 0 aromatic rings. The van der Waals surface area contributed by atoms with Crippen LogP contribution in [-0.4, -0.2) is 5.78 Å². The fourth-order valence-corrected chi connectivity index (χ4v) is 0.574. The number of hydrogen-bond acceptors (Lipinski definition) is 1. The minimum Gasteiger partial charge on any atom is -0.300 e. The average molecular weight is 126 g/mol. The summed E-state index contributed by atoms with van der Waals surface area (Å²) in [5.74, 6) is 0.674. The second-order valence-corrected chi connectivity index (χ2v) is 2.49. The molecule has 0 radical (unpaired) electrons. The summed E-state index contributed by atoms with van der Waals surface area (Å²) in [5, 5.41) is 0. The van der Waals surface area contributed by atoms with Gasteiger partial charge in [0.05, 0.1) is 0 Å². The van der Waals surface area contributed by atoms with Gasteiger partial charge in [-0.25, -0.2) is 0 Å². The van der Waals surface area contributed by atoms with Gasteiger partial charge in [-0.15, -0.1) is 6.58 Å². The molecule has 52 valence electrons. The Bertz CT molecular complexity index is 116. The van der Waals surface area contributed by atoms with Crippen LogP contribution in [0.5, 0.6) is 0 Å². The maximum absolute atomic E-state index is 10.7. The van der Waals surface area contributed by atoms with Gasteiger partial charge < -0.3 is 0 Å². The van der Waals surface area contributed by atoms with Gasteiger partial charge in [0.25, 0.3) is 0 Å². The molecule has 0 aromatic heterocycles. The number of carbonyl (C=O) groups excluding carboxylic acids is 1. The number of Topliss-reactive ketones (excluding diaryl/α,β-unsaturated/α-hetero) is 1. The summed E-state index contributed by atoms with van der Waals surface area (Å²) in [6.07, 6.45) is 1.81. The van der Waals surface area contributed by atoms with Crippen molar-refractivity contribution in [2.75, 3.05) is 0 Å². The Kier molecular flexibility index (Phi) is 3.21. The minimum absolute atomic E-state index is 0.127. The number of carbonyl (C=O) groups is 1. The molecular formula is C8H14O. The van der Waals surface area contributed by atoms with Crippen LogP contribution in [0, 0.1) is 11.8 Å². The molecule has 0 amide bonds. The SMILES string of the molecule is C=C[C@@H](C)[C@@H](C)C(C)=O. The lowest BCUT2D eigenvalue weighted by molar-refractivity contribution is -0.121. The van der Waals surface area contributed by atoms with E-state index in [1.807, 2.05) is 19.9 Å². The van der Waals surface area contributed by atoms with Gasteiger partial charge in [0.1, 0.15) is 5.78 Å². The van der Waals surface area contributed by atoms with Crippen LogP contribution in [0.3, 0.4) is 0 Å². The van der Waals surface area contributed by atoms with E-state index in [1.54, 1.807) is 6.92 Å². The first kappa shape index (κ1) is 8.41. The van der Waals surface area contributed by atoms with Crippen LogP contribution in [0.4, 0.5) is 0 Å². The molecule has 0 fully saturated rings. The lowest BCUT2D eigenvalue weighted by atomic mass is 9.93. The van der Waals surface area contributed by atoms with Crippen LogP contribution < -0.4 is 0 Å². The van der Waals surface area contributed by atoms with Gasteiger partial charge in [-0.05, 0) is 12.8 Å². The summed E-state index contributed by atoms with van der Waals surface area (Å²) in [5.41, 5.74) is 0. The number of rotatable bonds is 3. The van der Waals surface area contributed by atoms with E-state index in [2.05, 4.69) is 6.58 Å². The fraction of sp³-hybridized carbons (Fsp3) is 0.625. The second-order valence-electron chi connectivity index (χ2n) is 2.49. The highest BCUT2D eigenvalue weighted by molar-refractivity contribution is 5.78. The fourth-order valence-electron chi connectivity index (χ4n) is 0.574. The Balaban J connectivity index is 3.86. The quantitative estimate of drug-likeness (QED) is 0.529. The molecule has 0 bridgehead atoms. The van der Waals surface area contributed by atoms with E-state index in [0.29, 0.717) is 5.92 Å². The molecule has 0 aliphatic heterocycles. The predicted molar refractivity (Wildman–Crippen MR) is 39.2 cm³/mol. The van der Waals surface area contributed by atoms with Crippen molar-refractivity contribution < 1.29 is 4.79 Å². The van der Waals surface area contributed by atoms with Crippen LogP contribution in [0.25, 0.3) is 0 Å². The van der Waals surface area contributed by atoms with Crippen LogP contribution in [0.2, 0.25) is 0 Å². The van der Waals surface area contributed by atoms with E-state index in [-0.39, 0.29) is 11.7 Å². The molecule has 0 rings (SSSR count). The summed E-state index contributed by atoms with van der Waals surface area (Å²) < 4.78 is 0. The van der Waals surface area contributed by atoms with Gasteiger partial charge in [-0.1, -0.05) is 19.9 Å². The van der Waals surface area contributed by atoms with Crippen molar-refractivity contribution in [3.05, 3.63) is 12.7 Å². The van der Waals surface area contributed by atoms with E-state index in [4.69, 9.17) is 0 Å². The Hall–Kier alpha value is -0.590. The molecule has 0 spiro atoms. The normalized spacial score (nSPS) is 16.3. The first-order valence-electron chi connectivity index (χ1n) is 3.22. The van der Waals surface area contributed by atoms with E-state index in [1.165, 1.54) is 0 Å². The van der Waals surface area contributed by atoms with Crippen LogP contribution in [-0.2, 0) is 4.79 Å². The average Bonchev–Trinajstić information content (AvgIpc) is 1.84. The van der Waals surface area contributed by atoms with Crippen molar-refractivity contribution in [2.45, 2.75) is 20.8 Å². The van der Waals surface area contributed by atoms with E-state index >= 15 is 0 Å². The van der Waals surface area contributed by atoms with Gasteiger partial charge in [0, 0.05) is 5.92 Å². The summed E-state index contributed by atoms with van der Waals surface area (Å²) >= 11 is 0. The smallest absolute Gasteiger partial charge is 0.133 e. The highest BCUT2D eigenvalue weighted by atomic mass is 16.1. The number of ketones is 1. The third kappa shape index (κ3) is 2.45. The lowest BCUT2D eigenvalue weighted by Gasteiger charge is -2.10. The van der Waals surface area contributed by atoms with Crippen molar-refractivity contribution in [2.24, 2.45) is 11.8 Å². The monoisotopic (exact) mass is 126 g/mol. The summed E-state index contributed by atoms with van der Waals surface area (Å²) in [6, 6.07) is 0. The Morgan fingerprint density at radius 2 is 2.00 bits per heavy atom. The molecule has 0 aliphatic rings. The standard InChI is InChI=1S/C8H14O/c1-5-6(2)7(3)8(4)9/h5-7H,1H2,2-4H3/t6-,7-/m1/s1. The molecule has 0 N–H and O–H groups in total. The predicted octanol–water partition coefficient (Wildman–Crippen LogP) is 2.03. The molecule has 0 saturated carbocycles. The van der Waals surface area contributed by atoms with E-state index in [0.717, 1.165) is 0 Å². The molecule has 1 heteroatoms. The largest absolute Gasteiger partial charge is 0.300 e. The van der Waals surface area contributed by atoms with E-state index in [9.17, 15) is 4.79 Å². The van der Waals surface area contributed by atoms with Gasteiger partial charge in [-0.2, -0.15) is 0 Å². The topological polar surface area (TPSA) is 17.1 Å². The molecule has 0 saturated heterocycles. The Labute approximate surface area is 56.8 Å². The molecule has 1 nitrogen and oxygen atoms in total. The third-order valence-electron chi connectivity index (χ3n) is 1.80. The summed E-state index contributed by atoms with van der Waals surface area (Å²) in [6.45, 7) is 9.15. The van der Waals surface area contributed by atoms with Crippen molar-refractivity contribution in [3.8, 4) is 0 Å². The highest BCUT2D eigenvalue weighted by Crippen LogP contribution is 2.11. The molecule has 9 heavy (non-hydrogen) atoms. The van der Waals surface area contributed by atoms with Crippen LogP contribution >= 0.6 is 0 Å². The number of allylic oxidation sites excluding steroid dienone is 1. The zero-order valence-corrected chi connectivity index (χ0v) is 6.35. The molecule has 0 aromatic carbocycles. The zero-order chi connectivity index (χ0) is 7.44. The van der Waals surface area contributed by atoms with Crippen molar-refractivity contribution >= 4 is 5.78 Å². The van der Waals surface area contributed by atoms with Gasteiger partial charge >= 0.3 is 0 Å². The Morgan fingerprint density at radius 1 is 1.56 bits per heavy atom. The summed E-state index contributed by atoms with van der Waals surface area (Å²) in [4.78, 5) is 10.7. The molecule has 2 atom stereocenters. The summed E-state index contributed by atoms with van der Waals surface area (Å²) in [7, 11) is 0. The van der Waals surface area contributed by atoms with Gasteiger partial charge in [0.15, 0.2) is 0 Å². The second kappa shape index (κ2) is 3.44. The van der Waals surface area contributed by atoms with Crippen LogP contribution in [0.15, 0.2) is 12.7 Å². The molecule has 0 heterocycles. The molecular weight excluding hydrogens is 112 g/mol. The maximum atomic E-state index is 10.7. The highest BCUT2D eigenvalue weighted by Gasteiger charge is 2.12. The Morgan fingerprint density at radius 3 is 2.11 bits per heavy atom.